The van der Waals surface area contributed by atoms with Gasteiger partial charge in [0.15, 0.2) is 5.82 Å². The number of ether oxygens (including phenoxy) is 3. The third-order valence-electron chi connectivity index (χ3n) is 11.0. The fourth-order valence-corrected chi connectivity index (χ4v) is 7.93. The van der Waals surface area contributed by atoms with Crippen LogP contribution in [0, 0.1) is 23.2 Å². The van der Waals surface area contributed by atoms with E-state index in [1.54, 1.807) is 48.5 Å². The molecule has 7 rings (SSSR count). The number of carboxylic acid groups (broad SMARTS) is 1. The maximum Gasteiger partial charge on any atom is 0.408 e. The molecule has 14 heteroatoms. The molecule has 1 saturated heterocycles. The molecule has 14 nitrogen and oxygen atoms in total. The number of aromatic nitrogens is 3. The molecule has 3 aromatic rings. The molecule has 272 valence electrons. The summed E-state index contributed by atoms with van der Waals surface area (Å²) in [5.74, 6) is 0.437. The molecule has 3 unspecified atom stereocenters. The minimum atomic E-state index is -1.38. The van der Waals surface area contributed by atoms with Crippen molar-refractivity contribution in [1.29, 1.82) is 0 Å². The van der Waals surface area contributed by atoms with E-state index in [0.29, 0.717) is 52.9 Å². The zero-order chi connectivity index (χ0) is 36.2. The van der Waals surface area contributed by atoms with Gasteiger partial charge in [0.05, 0.1) is 19.2 Å². The van der Waals surface area contributed by atoms with Gasteiger partial charge in [-0.05, 0) is 67.1 Å². The zero-order valence-electron chi connectivity index (χ0n) is 29.6. The van der Waals surface area contributed by atoms with Gasteiger partial charge in [-0.3, -0.25) is 9.59 Å². The maximum atomic E-state index is 14.5. The van der Waals surface area contributed by atoms with Gasteiger partial charge in [-0.15, -0.1) is 0 Å². The molecule has 51 heavy (non-hydrogen) atoms. The van der Waals surface area contributed by atoms with Gasteiger partial charge >= 0.3 is 12.1 Å². The van der Waals surface area contributed by atoms with E-state index in [1.807, 2.05) is 33.8 Å². The van der Waals surface area contributed by atoms with Crippen LogP contribution in [0.3, 0.4) is 0 Å². The molecular formula is C37H46N6O8. The average Bonchev–Trinajstić information content (AvgIpc) is 3.70. The van der Waals surface area contributed by atoms with Crippen LogP contribution >= 0.6 is 0 Å². The Bertz CT molecular complexity index is 1830. The predicted octanol–water partition coefficient (Wildman–Crippen LogP) is 4.09. The largest absolute Gasteiger partial charge is 0.497 e. The summed E-state index contributed by atoms with van der Waals surface area (Å²) in [7, 11) is 1.57. The Morgan fingerprint density at radius 1 is 1.08 bits per heavy atom. The first-order chi connectivity index (χ1) is 24.3. The number of nitrogens with one attached hydrogen (secondary N) is 2. The van der Waals surface area contributed by atoms with E-state index in [9.17, 15) is 24.3 Å². The molecule has 4 aliphatic rings. The average molecular weight is 703 g/mol. The van der Waals surface area contributed by atoms with Crippen LogP contribution in [0.2, 0.25) is 0 Å². The normalized spacial score (nSPS) is 28.5. The Morgan fingerprint density at radius 3 is 2.47 bits per heavy atom. The number of likely N-dealkylation sites (tertiary alicyclic amines) is 1. The molecule has 0 spiro atoms. The second kappa shape index (κ2) is 13.0. The van der Waals surface area contributed by atoms with Crippen LogP contribution in [0.25, 0.3) is 16.7 Å². The number of methoxy groups -OCH3 is 1. The zero-order valence-corrected chi connectivity index (χ0v) is 29.6. The quantitative estimate of drug-likeness (QED) is 0.264. The molecule has 0 bridgehead atoms. The number of amides is 3. The van der Waals surface area contributed by atoms with E-state index < -0.39 is 53.0 Å². The number of nitrogens with zero attached hydrogens (tertiary/aromatic N) is 4. The van der Waals surface area contributed by atoms with Crippen molar-refractivity contribution >= 4 is 34.8 Å². The monoisotopic (exact) mass is 702 g/mol. The third-order valence-corrected chi connectivity index (χ3v) is 11.0. The maximum absolute atomic E-state index is 14.5. The van der Waals surface area contributed by atoms with Gasteiger partial charge in [0.1, 0.15) is 41.3 Å². The van der Waals surface area contributed by atoms with Crippen LogP contribution in [0.15, 0.2) is 42.7 Å². The van der Waals surface area contributed by atoms with E-state index in [4.69, 9.17) is 19.2 Å². The summed E-state index contributed by atoms with van der Waals surface area (Å²) < 4.78 is 19.4. The molecular weight excluding hydrogens is 656 g/mol. The number of hydrogen-bond acceptors (Lipinski definition) is 9. The highest BCUT2D eigenvalue weighted by Gasteiger charge is 2.61. The first kappa shape index (κ1) is 34.6. The van der Waals surface area contributed by atoms with Crippen molar-refractivity contribution < 1.29 is 38.5 Å². The molecule has 3 amide bonds. The van der Waals surface area contributed by atoms with Crippen LogP contribution < -0.4 is 20.1 Å². The Morgan fingerprint density at radius 2 is 1.84 bits per heavy atom. The van der Waals surface area contributed by atoms with E-state index in [0.717, 1.165) is 12.8 Å². The Balaban J connectivity index is 1.18. The molecule has 3 heterocycles. The van der Waals surface area contributed by atoms with Crippen LogP contribution in [-0.2, 0) is 19.1 Å². The molecule has 1 aliphatic heterocycles. The second-order valence-corrected chi connectivity index (χ2v) is 15.6. The molecule has 4 fully saturated rings. The summed E-state index contributed by atoms with van der Waals surface area (Å²) in [4.78, 5) is 60.3. The van der Waals surface area contributed by atoms with Gasteiger partial charge in [-0.1, -0.05) is 34.1 Å². The van der Waals surface area contributed by atoms with Crippen molar-refractivity contribution in [3.8, 4) is 17.3 Å². The van der Waals surface area contributed by atoms with Gasteiger partial charge in [0.2, 0.25) is 11.8 Å². The molecule has 3 aliphatic carbocycles. The van der Waals surface area contributed by atoms with Crippen molar-refractivity contribution in [3.63, 3.8) is 0 Å². The lowest BCUT2D eigenvalue weighted by molar-refractivity contribution is -0.146. The number of alkyl carbamates (subject to hydrolysis) is 1. The number of fused-ring (bicyclic) bond motifs is 2. The number of carboxylic acids is 1. The Labute approximate surface area is 296 Å². The fourth-order valence-electron chi connectivity index (χ4n) is 7.93. The van der Waals surface area contributed by atoms with Crippen LogP contribution in [-0.4, -0.2) is 92.1 Å². The molecule has 3 N–H and O–H groups in total. The highest BCUT2D eigenvalue weighted by atomic mass is 16.6. The molecule has 3 saturated carbocycles. The van der Waals surface area contributed by atoms with Gasteiger partial charge < -0.3 is 34.9 Å². The summed E-state index contributed by atoms with van der Waals surface area (Å²) in [6.45, 7) is 7.41. The van der Waals surface area contributed by atoms with E-state index in [-0.39, 0.29) is 25.0 Å². The van der Waals surface area contributed by atoms with E-state index >= 15 is 0 Å². The SMILES string of the molecule is CCC1C[C@]1(NC(=O)[C@@H]1CC(Oc2cc(-n3cccn3)nc3cc(OC)ccc23)CN1C(=O)[C@@H](NC(=O)OC1C[C@@H]2C[C@@H]2C1)C(C)(C)C)C(=O)O. The predicted molar refractivity (Wildman–Crippen MR) is 184 cm³/mol. The standard InChI is InChI=1S/C37H46N6O8/c1-6-22-18-37(22,34(46)47)41-32(44)28-16-25(50-29-17-30(43-11-7-10-38-43)39-27-15-23(49-5)8-9-26(27)29)19-42(28)33(45)31(36(2,3)4)40-35(48)51-24-13-20-12-21(20)14-24/h7-11,15,17,20-22,24-25,28,31H,6,12-14,16,18-19H2,1-5H3,(H,40,48)(H,41,44)(H,46,47)/t20-,21+,22?,24?,25?,28-,31+,37+/m0/s1. The summed E-state index contributed by atoms with van der Waals surface area (Å²) in [5, 5.41) is 20.7. The van der Waals surface area contributed by atoms with Crippen LogP contribution in [0.5, 0.6) is 11.5 Å². The smallest absolute Gasteiger partial charge is 0.408 e. The van der Waals surface area contributed by atoms with Crippen molar-refractivity contribution in [2.24, 2.45) is 23.2 Å². The Kier molecular flexibility index (Phi) is 8.83. The lowest BCUT2D eigenvalue weighted by Gasteiger charge is -2.35. The number of rotatable bonds is 11. The Hall–Kier alpha value is -4.88. The number of pyridine rings is 1. The second-order valence-electron chi connectivity index (χ2n) is 15.6. The molecule has 0 radical (unpaired) electrons. The van der Waals surface area contributed by atoms with Gasteiger partial charge in [0, 0.05) is 36.3 Å². The lowest BCUT2D eigenvalue weighted by atomic mass is 9.85. The van der Waals surface area contributed by atoms with Crippen LogP contribution in [0.1, 0.15) is 66.2 Å². The summed E-state index contributed by atoms with van der Waals surface area (Å²) in [6.07, 6.45) is 5.74. The minimum Gasteiger partial charge on any atom is -0.497 e. The highest BCUT2D eigenvalue weighted by molar-refractivity contribution is 5.96. The van der Waals surface area contributed by atoms with Crippen molar-refractivity contribution in [1.82, 2.24) is 30.3 Å². The summed E-state index contributed by atoms with van der Waals surface area (Å²) in [6, 6.07) is 6.85. The number of hydrogen-bond donors (Lipinski definition) is 3. The van der Waals surface area contributed by atoms with Gasteiger partial charge in [0.25, 0.3) is 0 Å². The van der Waals surface area contributed by atoms with E-state index in [2.05, 4.69) is 15.7 Å². The summed E-state index contributed by atoms with van der Waals surface area (Å²) >= 11 is 0. The topological polar surface area (TPSA) is 174 Å². The first-order valence-corrected chi connectivity index (χ1v) is 17.8. The number of carbonyl (C=O) groups is 4. The van der Waals surface area contributed by atoms with Gasteiger partial charge in [-0.2, -0.15) is 5.10 Å². The van der Waals surface area contributed by atoms with Crippen LogP contribution in [0.4, 0.5) is 4.79 Å². The van der Waals surface area contributed by atoms with E-state index in [1.165, 1.54) is 11.3 Å². The highest BCUT2D eigenvalue weighted by Crippen LogP contribution is 2.52. The first-order valence-electron chi connectivity index (χ1n) is 17.8. The molecule has 1 aromatic carbocycles. The molecule has 8 atom stereocenters. The fraction of sp³-hybridized carbons (Fsp3) is 0.568. The lowest BCUT2D eigenvalue weighted by Crippen LogP contribution is -2.59. The van der Waals surface area contributed by atoms with Crippen molar-refractivity contribution in [3.05, 3.63) is 42.7 Å². The van der Waals surface area contributed by atoms with Crippen molar-refractivity contribution in [2.75, 3.05) is 13.7 Å². The van der Waals surface area contributed by atoms with Gasteiger partial charge in [-0.25, -0.2) is 19.3 Å². The number of benzene rings is 1. The number of carbonyl (C=O) groups excluding carboxylic acids is 3. The third kappa shape index (κ3) is 6.79. The molecule has 2 aromatic heterocycles. The van der Waals surface area contributed by atoms with Crippen molar-refractivity contribution in [2.45, 2.75) is 96.1 Å². The number of aliphatic carboxylic acids is 1. The summed E-state index contributed by atoms with van der Waals surface area (Å²) in [5.41, 5.74) is -1.54. The minimum absolute atomic E-state index is 0.0144.